The fraction of sp³-hybridized carbons (Fsp3) is 0.300. The second-order valence-electron chi connectivity index (χ2n) is 2.66. The fourth-order valence-corrected chi connectivity index (χ4v) is 1.08. The van der Waals surface area contributed by atoms with E-state index in [0.717, 1.165) is 11.3 Å². The van der Waals surface area contributed by atoms with E-state index in [-0.39, 0.29) is 13.2 Å². The highest BCUT2D eigenvalue weighted by Gasteiger charge is 1.94. The molecule has 0 aliphatic rings. The first-order chi connectivity index (χ1) is 6.36. The number of rotatable bonds is 5. The van der Waals surface area contributed by atoms with Crippen molar-refractivity contribution >= 4 is 5.69 Å². The Morgan fingerprint density at radius 1 is 1.31 bits per heavy atom. The van der Waals surface area contributed by atoms with Crippen LogP contribution in [0, 0.1) is 6.42 Å². The van der Waals surface area contributed by atoms with E-state index in [1.165, 1.54) is 0 Å². The maximum atomic E-state index is 8.67. The molecule has 3 N–H and O–H groups in total. The van der Waals surface area contributed by atoms with Gasteiger partial charge in [0, 0.05) is 18.7 Å². The van der Waals surface area contributed by atoms with Crippen molar-refractivity contribution in [3.8, 4) is 0 Å². The number of aliphatic hydroxyl groups is 2. The summed E-state index contributed by atoms with van der Waals surface area (Å²) in [5.41, 5.74) is 1.93. The Labute approximate surface area is 78.0 Å². The molecule has 0 saturated heterocycles. The Morgan fingerprint density at radius 3 is 2.85 bits per heavy atom. The average molecular weight is 180 g/mol. The van der Waals surface area contributed by atoms with Crippen molar-refractivity contribution in [1.29, 1.82) is 0 Å². The van der Waals surface area contributed by atoms with Crippen LogP contribution in [0.4, 0.5) is 5.69 Å². The highest BCUT2D eigenvalue weighted by Crippen LogP contribution is 2.11. The molecular weight excluding hydrogens is 166 g/mol. The summed E-state index contributed by atoms with van der Waals surface area (Å²) in [5.74, 6) is 0. The molecule has 0 amide bonds. The molecule has 1 radical (unpaired) electrons. The lowest BCUT2D eigenvalue weighted by atomic mass is 10.1. The van der Waals surface area contributed by atoms with Gasteiger partial charge < -0.3 is 15.5 Å². The maximum Gasteiger partial charge on any atom is 0.0604 e. The van der Waals surface area contributed by atoms with Gasteiger partial charge in [-0.05, 0) is 17.7 Å². The summed E-state index contributed by atoms with van der Waals surface area (Å²) < 4.78 is 0. The second-order valence-corrected chi connectivity index (χ2v) is 2.66. The monoisotopic (exact) mass is 180 g/mol. The summed E-state index contributed by atoms with van der Waals surface area (Å²) in [4.78, 5) is 0. The number of hydrogen-bond acceptors (Lipinski definition) is 3. The van der Waals surface area contributed by atoms with E-state index >= 15 is 0 Å². The lowest BCUT2D eigenvalue weighted by Gasteiger charge is -2.05. The molecule has 0 bridgehead atoms. The summed E-state index contributed by atoms with van der Waals surface area (Å²) in [7, 11) is 0. The van der Waals surface area contributed by atoms with Gasteiger partial charge in [-0.3, -0.25) is 0 Å². The quantitative estimate of drug-likeness (QED) is 0.623. The van der Waals surface area contributed by atoms with Gasteiger partial charge in [0.15, 0.2) is 0 Å². The summed E-state index contributed by atoms with van der Waals surface area (Å²) >= 11 is 0. The second kappa shape index (κ2) is 5.56. The van der Waals surface area contributed by atoms with Crippen molar-refractivity contribution in [3.05, 3.63) is 36.2 Å². The van der Waals surface area contributed by atoms with E-state index in [0.29, 0.717) is 6.54 Å². The third-order valence-corrected chi connectivity index (χ3v) is 1.65. The highest BCUT2D eigenvalue weighted by molar-refractivity contribution is 5.47. The van der Waals surface area contributed by atoms with Gasteiger partial charge in [-0.25, -0.2) is 0 Å². The number of benzene rings is 1. The molecule has 1 rings (SSSR count). The van der Waals surface area contributed by atoms with Crippen molar-refractivity contribution in [2.75, 3.05) is 25.1 Å². The van der Waals surface area contributed by atoms with E-state index < -0.39 is 0 Å². The fourth-order valence-electron chi connectivity index (χ4n) is 1.08. The number of anilines is 1. The lowest BCUT2D eigenvalue weighted by molar-refractivity contribution is 0.311. The van der Waals surface area contributed by atoms with Gasteiger partial charge in [-0.15, -0.1) is 0 Å². The highest BCUT2D eigenvalue weighted by atomic mass is 16.3. The predicted molar refractivity (Wildman–Crippen MR) is 52.5 cm³/mol. The average Bonchev–Trinajstić information content (AvgIpc) is 2.16. The smallest absolute Gasteiger partial charge is 0.0604 e. The van der Waals surface area contributed by atoms with E-state index in [4.69, 9.17) is 10.2 Å². The Kier molecular flexibility index (Phi) is 4.29. The molecule has 13 heavy (non-hydrogen) atoms. The molecule has 0 saturated carbocycles. The van der Waals surface area contributed by atoms with Gasteiger partial charge in [0.2, 0.25) is 0 Å². The van der Waals surface area contributed by atoms with E-state index in [9.17, 15) is 0 Å². The third kappa shape index (κ3) is 3.44. The van der Waals surface area contributed by atoms with Crippen LogP contribution < -0.4 is 5.32 Å². The minimum atomic E-state index is 0.0451. The van der Waals surface area contributed by atoms with Crippen molar-refractivity contribution in [3.63, 3.8) is 0 Å². The number of nitrogens with one attached hydrogen (secondary N) is 1. The molecule has 0 atom stereocenters. The van der Waals surface area contributed by atoms with Crippen LogP contribution in [0.15, 0.2) is 24.3 Å². The zero-order valence-electron chi connectivity index (χ0n) is 7.40. The van der Waals surface area contributed by atoms with Crippen molar-refractivity contribution < 1.29 is 10.2 Å². The van der Waals surface area contributed by atoms with Gasteiger partial charge in [0.25, 0.3) is 0 Å². The third-order valence-electron chi connectivity index (χ3n) is 1.65. The van der Waals surface area contributed by atoms with E-state index in [1.54, 1.807) is 6.42 Å². The molecule has 0 spiro atoms. The molecule has 0 aromatic heterocycles. The maximum absolute atomic E-state index is 8.67. The molecule has 0 aliphatic carbocycles. The van der Waals surface area contributed by atoms with Gasteiger partial charge in [-0.2, -0.15) is 0 Å². The number of hydrogen-bond donors (Lipinski definition) is 3. The first-order valence-electron chi connectivity index (χ1n) is 4.25. The standard InChI is InChI=1S/C10H14NO2/c12-6-4-9-2-1-3-10(8-9)11-5-7-13/h1-4,8,11-13H,5-7H2. The number of aliphatic hydroxyl groups excluding tert-OH is 2. The molecule has 71 valence electrons. The van der Waals surface area contributed by atoms with Crippen LogP contribution in [0.25, 0.3) is 0 Å². The molecule has 0 aliphatic heterocycles. The van der Waals surface area contributed by atoms with Gasteiger partial charge in [0.05, 0.1) is 13.2 Å². The van der Waals surface area contributed by atoms with Crippen LogP contribution in [-0.4, -0.2) is 30.0 Å². The van der Waals surface area contributed by atoms with Crippen molar-refractivity contribution in [2.24, 2.45) is 0 Å². The molecule has 1 aromatic rings. The summed E-state index contributed by atoms with van der Waals surface area (Å²) in [6, 6.07) is 7.66. The SMILES string of the molecule is OC[CH]c1cccc(NCCO)c1. The van der Waals surface area contributed by atoms with Gasteiger partial charge in [-0.1, -0.05) is 12.1 Å². The van der Waals surface area contributed by atoms with Crippen LogP contribution in [0.2, 0.25) is 0 Å². The molecule has 0 unspecified atom stereocenters. The van der Waals surface area contributed by atoms with Crippen molar-refractivity contribution in [2.45, 2.75) is 0 Å². The van der Waals surface area contributed by atoms with Gasteiger partial charge in [0.1, 0.15) is 0 Å². The summed E-state index contributed by atoms with van der Waals surface area (Å²) in [6.07, 6.45) is 1.73. The molecule has 0 fully saturated rings. The normalized spacial score (nSPS) is 10.0. The minimum absolute atomic E-state index is 0.0451. The van der Waals surface area contributed by atoms with Gasteiger partial charge >= 0.3 is 0 Å². The van der Waals surface area contributed by atoms with Crippen LogP contribution in [0.3, 0.4) is 0 Å². The zero-order chi connectivity index (χ0) is 9.52. The molecule has 3 heteroatoms. The first-order valence-corrected chi connectivity index (χ1v) is 4.25. The van der Waals surface area contributed by atoms with Crippen LogP contribution in [0.1, 0.15) is 5.56 Å². The predicted octanol–water partition coefficient (Wildman–Crippen LogP) is 0.635. The van der Waals surface area contributed by atoms with E-state index in [1.807, 2.05) is 24.3 Å². The van der Waals surface area contributed by atoms with Crippen molar-refractivity contribution in [1.82, 2.24) is 0 Å². The Balaban J connectivity index is 2.56. The topological polar surface area (TPSA) is 52.5 Å². The van der Waals surface area contributed by atoms with Crippen LogP contribution in [-0.2, 0) is 0 Å². The Bertz CT molecular complexity index is 250. The molecule has 3 nitrogen and oxygen atoms in total. The van der Waals surface area contributed by atoms with Crippen LogP contribution in [0.5, 0.6) is 0 Å². The minimum Gasteiger partial charge on any atom is -0.396 e. The van der Waals surface area contributed by atoms with E-state index in [2.05, 4.69) is 5.32 Å². The molecule has 1 aromatic carbocycles. The van der Waals surface area contributed by atoms with Crippen LogP contribution >= 0.6 is 0 Å². The first kappa shape index (κ1) is 10.0. The Morgan fingerprint density at radius 2 is 2.15 bits per heavy atom. The lowest BCUT2D eigenvalue weighted by Crippen LogP contribution is -2.05. The largest absolute Gasteiger partial charge is 0.396 e. The summed E-state index contributed by atoms with van der Waals surface area (Å²) in [5, 5.41) is 20.3. The zero-order valence-corrected chi connectivity index (χ0v) is 7.40. The molecular formula is C10H14NO2. The summed E-state index contributed by atoms with van der Waals surface area (Å²) in [6.45, 7) is 0.708. The Hall–Kier alpha value is -1.06. The molecule has 0 heterocycles.